The van der Waals surface area contributed by atoms with Crippen LogP contribution in [0.4, 0.5) is 0 Å². The lowest BCUT2D eigenvalue weighted by Gasteiger charge is -2.13. The molecule has 0 aliphatic carbocycles. The van der Waals surface area contributed by atoms with Crippen LogP contribution in [0.2, 0.25) is 0 Å². The lowest BCUT2D eigenvalue weighted by atomic mass is 10.3. The van der Waals surface area contributed by atoms with E-state index in [1.54, 1.807) is 0 Å². The first kappa shape index (κ1) is 18.1. The zero-order valence-electron chi connectivity index (χ0n) is 11.6. The lowest BCUT2D eigenvalue weighted by Crippen LogP contribution is -2.21. The fraction of sp³-hybridized carbons (Fsp3) is 0.818. The molecule has 0 aromatic carbocycles. The Morgan fingerprint density at radius 2 is 1.79 bits per heavy atom. The van der Waals surface area contributed by atoms with Gasteiger partial charge in [0.15, 0.2) is 0 Å². The fourth-order valence-electron chi connectivity index (χ4n) is 1.27. The van der Waals surface area contributed by atoms with Gasteiger partial charge in [0, 0.05) is 34.1 Å². The van der Waals surface area contributed by atoms with E-state index in [1.807, 2.05) is 0 Å². The van der Waals surface area contributed by atoms with Gasteiger partial charge in [-0.3, -0.25) is 14.2 Å². The number of amides is 1. The zero-order chi connectivity index (χ0) is 14.7. The van der Waals surface area contributed by atoms with Crippen LogP contribution in [0.3, 0.4) is 0 Å². The molecule has 0 aliphatic rings. The van der Waals surface area contributed by atoms with Gasteiger partial charge in [0.25, 0.3) is 0 Å². The van der Waals surface area contributed by atoms with Crippen LogP contribution in [0.5, 0.6) is 0 Å². The molecule has 19 heavy (non-hydrogen) atoms. The second-order valence-corrected chi connectivity index (χ2v) is 6.26. The normalized spacial score (nSPS) is 11.1. The number of nitrogens with one attached hydrogen (secondary N) is 1. The van der Waals surface area contributed by atoms with Gasteiger partial charge in [-0.15, -0.1) is 0 Å². The van der Waals surface area contributed by atoms with Gasteiger partial charge in [-0.25, -0.2) is 0 Å². The van der Waals surface area contributed by atoms with Crippen LogP contribution in [0.25, 0.3) is 0 Å². The molecule has 112 valence electrons. The smallest absolute Gasteiger partial charge is 0.330 e. The molecular formula is C11H22NO6P. The summed E-state index contributed by atoms with van der Waals surface area (Å²) in [6.45, 7) is 2.05. The molecule has 8 heteroatoms. The maximum absolute atomic E-state index is 11.6. The molecule has 0 radical (unpaired) electrons. The van der Waals surface area contributed by atoms with Gasteiger partial charge >= 0.3 is 13.6 Å². The molecule has 0 aromatic rings. The molecular weight excluding hydrogens is 273 g/mol. The second kappa shape index (κ2) is 9.95. The minimum Gasteiger partial charge on any atom is -0.466 e. The average molecular weight is 295 g/mol. The first-order chi connectivity index (χ1) is 8.93. The minimum atomic E-state index is -3.02. The standard InChI is InChI=1S/C11H22NO6P/c1-10(13)12-7-4-6-11(14)18-8-5-9-19(15,16-2)17-3/h4-9H2,1-3H3,(H,12,13). The van der Waals surface area contributed by atoms with E-state index in [1.165, 1.54) is 21.1 Å². The number of hydrogen-bond donors (Lipinski definition) is 1. The second-order valence-electron chi connectivity index (χ2n) is 3.86. The van der Waals surface area contributed by atoms with E-state index in [4.69, 9.17) is 13.8 Å². The van der Waals surface area contributed by atoms with Crippen molar-refractivity contribution >= 4 is 19.5 Å². The largest absolute Gasteiger partial charge is 0.466 e. The Hall–Kier alpha value is -0.910. The molecule has 1 amide bonds. The van der Waals surface area contributed by atoms with Gasteiger partial charge in [0.1, 0.15) is 0 Å². The van der Waals surface area contributed by atoms with Gasteiger partial charge < -0.3 is 19.1 Å². The van der Waals surface area contributed by atoms with Crippen molar-refractivity contribution < 1.29 is 27.9 Å². The molecule has 0 heterocycles. The molecule has 0 atom stereocenters. The number of carbonyl (C=O) groups is 2. The van der Waals surface area contributed by atoms with Crippen molar-refractivity contribution in [2.45, 2.75) is 26.2 Å². The van der Waals surface area contributed by atoms with Crippen LogP contribution in [0.15, 0.2) is 0 Å². The van der Waals surface area contributed by atoms with Crippen LogP contribution < -0.4 is 5.32 Å². The number of rotatable bonds is 10. The van der Waals surface area contributed by atoms with Gasteiger partial charge in [-0.05, 0) is 12.8 Å². The first-order valence-corrected chi connectivity index (χ1v) is 7.77. The molecule has 7 nitrogen and oxygen atoms in total. The van der Waals surface area contributed by atoms with E-state index < -0.39 is 7.60 Å². The van der Waals surface area contributed by atoms with Crippen molar-refractivity contribution in [3.8, 4) is 0 Å². The average Bonchev–Trinajstić information content (AvgIpc) is 2.39. The summed E-state index contributed by atoms with van der Waals surface area (Å²) in [5.41, 5.74) is 0. The highest BCUT2D eigenvalue weighted by Crippen LogP contribution is 2.46. The topological polar surface area (TPSA) is 90.9 Å². The van der Waals surface area contributed by atoms with Gasteiger partial charge in [0.05, 0.1) is 12.8 Å². The third-order valence-electron chi connectivity index (χ3n) is 2.33. The predicted molar refractivity (Wildman–Crippen MR) is 70.0 cm³/mol. The highest BCUT2D eigenvalue weighted by Gasteiger charge is 2.20. The van der Waals surface area contributed by atoms with E-state index in [0.29, 0.717) is 19.4 Å². The van der Waals surface area contributed by atoms with Crippen LogP contribution in [0, 0.1) is 0 Å². The van der Waals surface area contributed by atoms with Crippen molar-refractivity contribution in [1.82, 2.24) is 5.32 Å². The summed E-state index contributed by atoms with van der Waals surface area (Å²) < 4.78 is 26.1. The highest BCUT2D eigenvalue weighted by atomic mass is 31.2. The Bertz CT molecular complexity index is 325. The third-order valence-corrected chi connectivity index (χ3v) is 4.30. The number of carbonyl (C=O) groups excluding carboxylic acids is 2. The fourth-order valence-corrected chi connectivity index (χ4v) is 2.30. The van der Waals surface area contributed by atoms with Crippen molar-refractivity contribution in [2.75, 3.05) is 33.5 Å². The van der Waals surface area contributed by atoms with E-state index in [9.17, 15) is 14.2 Å². The summed E-state index contributed by atoms with van der Waals surface area (Å²) in [6.07, 6.45) is 1.40. The maximum Gasteiger partial charge on any atom is 0.330 e. The molecule has 0 unspecified atom stereocenters. The molecule has 0 bridgehead atoms. The molecule has 0 aromatic heterocycles. The Morgan fingerprint density at radius 3 is 2.32 bits per heavy atom. The molecule has 0 rings (SSSR count). The summed E-state index contributed by atoms with van der Waals surface area (Å²) >= 11 is 0. The Labute approximate surface area is 113 Å². The highest BCUT2D eigenvalue weighted by molar-refractivity contribution is 7.53. The van der Waals surface area contributed by atoms with Crippen LogP contribution >= 0.6 is 7.60 Å². The van der Waals surface area contributed by atoms with Crippen LogP contribution in [-0.2, 0) is 27.9 Å². The molecule has 0 fully saturated rings. The minimum absolute atomic E-state index is 0.122. The summed E-state index contributed by atoms with van der Waals surface area (Å²) in [4.78, 5) is 21.9. The summed E-state index contributed by atoms with van der Waals surface area (Å²) in [5.74, 6) is -0.460. The van der Waals surface area contributed by atoms with Crippen LogP contribution in [0.1, 0.15) is 26.2 Å². The van der Waals surface area contributed by atoms with Crippen LogP contribution in [-0.4, -0.2) is 45.4 Å². The van der Waals surface area contributed by atoms with Gasteiger partial charge in [-0.1, -0.05) is 0 Å². The molecule has 0 saturated carbocycles. The Morgan fingerprint density at radius 1 is 1.16 bits per heavy atom. The predicted octanol–water partition coefficient (Wildman–Crippen LogP) is 1.32. The monoisotopic (exact) mass is 295 g/mol. The lowest BCUT2D eigenvalue weighted by molar-refractivity contribution is -0.143. The summed E-state index contributed by atoms with van der Waals surface area (Å²) in [6, 6.07) is 0. The van der Waals surface area contributed by atoms with E-state index in [2.05, 4.69) is 5.32 Å². The van der Waals surface area contributed by atoms with Crippen molar-refractivity contribution in [1.29, 1.82) is 0 Å². The maximum atomic E-state index is 11.6. The van der Waals surface area contributed by atoms with Crippen molar-refractivity contribution in [2.24, 2.45) is 0 Å². The van der Waals surface area contributed by atoms with E-state index in [-0.39, 0.29) is 31.1 Å². The molecule has 1 N–H and O–H groups in total. The number of esters is 1. The number of ether oxygens (including phenoxy) is 1. The summed E-state index contributed by atoms with van der Waals surface area (Å²) in [5, 5.41) is 2.59. The third kappa shape index (κ3) is 9.64. The molecule has 0 aliphatic heterocycles. The van der Waals surface area contributed by atoms with E-state index in [0.717, 1.165) is 0 Å². The van der Waals surface area contributed by atoms with Crippen molar-refractivity contribution in [3.05, 3.63) is 0 Å². The SMILES string of the molecule is COP(=O)(CCCOC(=O)CCCNC(C)=O)OC. The molecule has 0 saturated heterocycles. The first-order valence-electron chi connectivity index (χ1n) is 6.04. The number of hydrogen-bond acceptors (Lipinski definition) is 6. The quantitative estimate of drug-likeness (QED) is 0.371. The van der Waals surface area contributed by atoms with E-state index >= 15 is 0 Å². The van der Waals surface area contributed by atoms with Crippen molar-refractivity contribution in [3.63, 3.8) is 0 Å². The Balaban J connectivity index is 3.58. The van der Waals surface area contributed by atoms with Gasteiger partial charge in [-0.2, -0.15) is 0 Å². The Kier molecular flexibility index (Phi) is 9.47. The zero-order valence-corrected chi connectivity index (χ0v) is 12.5. The summed E-state index contributed by atoms with van der Waals surface area (Å²) in [7, 11) is -0.381. The molecule has 0 spiro atoms. The van der Waals surface area contributed by atoms with Gasteiger partial charge in [0.2, 0.25) is 5.91 Å².